The highest BCUT2D eigenvalue weighted by Gasteiger charge is 2.50. The zero-order chi connectivity index (χ0) is 42.3. The van der Waals surface area contributed by atoms with Crippen LogP contribution < -0.4 is 22.1 Å². The molecular weight excluding hydrogens is 747 g/mol. The number of fused-ring (bicyclic) bond motifs is 6. The molecule has 2 amide bonds. The number of nitrogens with one attached hydrogen (secondary N) is 4. The first-order chi connectivity index (χ1) is 28.2. The van der Waals surface area contributed by atoms with Crippen LogP contribution >= 0.6 is 0 Å². The Hall–Kier alpha value is -4.18. The Balaban J connectivity index is 1.07. The van der Waals surface area contributed by atoms with Gasteiger partial charge >= 0.3 is 7.69 Å². The van der Waals surface area contributed by atoms with Crippen molar-refractivity contribution < 1.29 is 28.4 Å². The van der Waals surface area contributed by atoms with E-state index >= 15 is 0 Å². The number of benzene rings is 2. The predicted octanol–water partition coefficient (Wildman–Crippen LogP) is 4.99. The first-order valence-electron chi connectivity index (χ1n) is 21.5. The molecule has 2 atom stereocenters. The van der Waals surface area contributed by atoms with E-state index in [0.29, 0.717) is 49.9 Å². The highest BCUT2D eigenvalue weighted by atomic mass is 16.6. The van der Waals surface area contributed by atoms with Gasteiger partial charge in [-0.1, -0.05) is 24.3 Å². The fraction of sp³-hybridized carbons (Fsp3) is 0.636. The smallest absolute Gasteiger partial charge is 0.393 e. The molecule has 322 valence electrons. The van der Waals surface area contributed by atoms with E-state index in [1.165, 1.54) is 11.1 Å². The van der Waals surface area contributed by atoms with Crippen LogP contribution in [0.15, 0.2) is 48.5 Å². The zero-order valence-corrected chi connectivity index (χ0v) is 35.7. The fourth-order valence-electron chi connectivity index (χ4n) is 10.1. The molecule has 14 nitrogen and oxygen atoms in total. The van der Waals surface area contributed by atoms with Crippen molar-refractivity contribution in [3.63, 3.8) is 0 Å². The summed E-state index contributed by atoms with van der Waals surface area (Å²) >= 11 is 0. The molecule has 0 aliphatic heterocycles. The zero-order valence-electron chi connectivity index (χ0n) is 35.7. The fourth-order valence-corrected chi connectivity index (χ4v) is 10.1. The van der Waals surface area contributed by atoms with E-state index in [2.05, 4.69) is 34.9 Å². The van der Waals surface area contributed by atoms with E-state index in [1.807, 2.05) is 38.5 Å². The standard InChI is InChI=1S/C44H67BN8O6/c1-52(39(46)47)29-5-7-35(50-37(54)31-9-13-33(14-10-31)41-17-23-43(56-3,24-18-41)25-19-41)58-45-59-36(8-6-30-53(2)40(48)49)51-38(55)32-11-15-34(16-12-32)42-20-26-44(57-4,27-21-42)28-22-42/h9-16,35-36,45H,5-8,17-30H2,1-4H3,(H3,46,47)(H3,48,49)(H,50,54)(H,51,55). The van der Waals surface area contributed by atoms with E-state index in [4.69, 9.17) is 41.1 Å². The van der Waals surface area contributed by atoms with Crippen molar-refractivity contribution in [2.45, 2.75) is 137 Å². The minimum atomic E-state index is -0.708. The highest BCUT2D eigenvalue weighted by molar-refractivity contribution is 6.18. The molecule has 6 aliphatic carbocycles. The lowest BCUT2D eigenvalue weighted by molar-refractivity contribution is -0.0956. The van der Waals surface area contributed by atoms with Crippen molar-refractivity contribution in [3.8, 4) is 0 Å². The number of guanidine groups is 2. The maximum absolute atomic E-state index is 13.6. The number of hydrogen-bond donors (Lipinski definition) is 6. The third-order valence-corrected chi connectivity index (χ3v) is 14.6. The molecule has 0 aromatic heterocycles. The van der Waals surface area contributed by atoms with Gasteiger partial charge in [-0.2, -0.15) is 0 Å². The average molecular weight is 815 g/mol. The van der Waals surface area contributed by atoms with Gasteiger partial charge in [-0.15, -0.1) is 0 Å². The lowest BCUT2D eigenvalue weighted by Gasteiger charge is -2.53. The van der Waals surface area contributed by atoms with Crippen LogP contribution in [0.3, 0.4) is 0 Å². The van der Waals surface area contributed by atoms with Crippen LogP contribution in [0.4, 0.5) is 0 Å². The molecule has 4 bridgehead atoms. The Morgan fingerprint density at radius 2 is 0.949 bits per heavy atom. The number of methoxy groups -OCH3 is 2. The summed E-state index contributed by atoms with van der Waals surface area (Å²) in [5.74, 6) is -0.598. The van der Waals surface area contributed by atoms with E-state index in [0.717, 1.165) is 77.0 Å². The molecule has 0 heterocycles. The molecule has 0 saturated heterocycles. The van der Waals surface area contributed by atoms with Crippen molar-refractivity contribution in [3.05, 3.63) is 70.8 Å². The highest BCUT2D eigenvalue weighted by Crippen LogP contribution is 2.56. The Kier molecular flexibility index (Phi) is 14.3. The van der Waals surface area contributed by atoms with Crippen molar-refractivity contribution in [2.24, 2.45) is 11.5 Å². The number of carbonyl (C=O) groups excluding carboxylic acids is 2. The minimum absolute atomic E-state index is 0.0346. The van der Waals surface area contributed by atoms with Gasteiger partial charge in [-0.3, -0.25) is 20.4 Å². The van der Waals surface area contributed by atoms with Crippen LogP contribution in [0.25, 0.3) is 0 Å². The molecule has 2 unspecified atom stereocenters. The van der Waals surface area contributed by atoms with Crippen molar-refractivity contribution in [1.82, 2.24) is 20.4 Å². The monoisotopic (exact) mass is 815 g/mol. The number of hydrogen-bond acceptors (Lipinski definition) is 8. The molecule has 6 saturated carbocycles. The first kappa shape index (κ1) is 44.4. The van der Waals surface area contributed by atoms with Crippen LogP contribution in [-0.2, 0) is 29.6 Å². The number of nitrogens with zero attached hydrogens (tertiary/aromatic N) is 2. The van der Waals surface area contributed by atoms with E-state index in [1.54, 1.807) is 23.9 Å². The van der Waals surface area contributed by atoms with Gasteiger partial charge in [0, 0.05) is 52.5 Å². The summed E-state index contributed by atoms with van der Waals surface area (Å²) in [6, 6.07) is 16.0. The summed E-state index contributed by atoms with van der Waals surface area (Å²) in [5, 5.41) is 21.6. The second-order valence-corrected chi connectivity index (χ2v) is 17.8. The molecule has 2 aromatic carbocycles. The van der Waals surface area contributed by atoms with Gasteiger partial charge in [0.05, 0.1) is 11.2 Å². The molecular formula is C44H67BN8O6. The molecule has 8 N–H and O–H groups in total. The minimum Gasteiger partial charge on any atom is -0.393 e. The summed E-state index contributed by atoms with van der Waals surface area (Å²) in [4.78, 5) is 30.5. The average Bonchev–Trinajstić information content (AvgIpc) is 3.27. The molecule has 59 heavy (non-hydrogen) atoms. The summed E-state index contributed by atoms with van der Waals surface area (Å²) in [6.45, 7) is 1.01. The maximum Gasteiger partial charge on any atom is 0.441 e. The van der Waals surface area contributed by atoms with Crippen LogP contribution in [0.2, 0.25) is 0 Å². The molecule has 6 aliphatic rings. The third-order valence-electron chi connectivity index (χ3n) is 14.6. The Morgan fingerprint density at radius 1 is 0.627 bits per heavy atom. The van der Waals surface area contributed by atoms with Crippen LogP contribution in [0.1, 0.15) is 135 Å². The first-order valence-corrected chi connectivity index (χ1v) is 21.5. The molecule has 8 rings (SSSR count). The topological polar surface area (TPSA) is 201 Å². The number of ether oxygens (including phenoxy) is 2. The Labute approximate surface area is 351 Å². The van der Waals surface area contributed by atoms with Gasteiger partial charge in [-0.05, 0) is 149 Å². The third kappa shape index (κ3) is 10.4. The second-order valence-electron chi connectivity index (χ2n) is 17.8. The van der Waals surface area contributed by atoms with Gasteiger partial charge in [0.15, 0.2) is 11.9 Å². The number of carbonyl (C=O) groups is 2. The van der Waals surface area contributed by atoms with Crippen LogP contribution in [0, 0.1) is 10.8 Å². The SMILES string of the molecule is COC12CCC(c3ccc(C(=O)NC(CCCN(C)C(=N)N)OBOC(CCCN(C)C(=N)N)NC(=O)c4ccc(C56CCC(OC)(CC5)CC6)cc4)cc3)(CC1)CC2. The number of rotatable bonds is 20. The van der Waals surface area contributed by atoms with Gasteiger partial charge < -0.3 is 50.7 Å². The second kappa shape index (κ2) is 19.0. The van der Waals surface area contributed by atoms with Gasteiger partial charge in [0.1, 0.15) is 12.5 Å². The van der Waals surface area contributed by atoms with Crippen LogP contribution in [0.5, 0.6) is 0 Å². The normalized spacial score (nSPS) is 26.7. The predicted molar refractivity (Wildman–Crippen MR) is 231 cm³/mol. The maximum atomic E-state index is 13.6. The lowest BCUT2D eigenvalue weighted by atomic mass is 9.56. The summed E-state index contributed by atoms with van der Waals surface area (Å²) < 4.78 is 24.1. The molecule has 15 heteroatoms. The number of amides is 2. The van der Waals surface area contributed by atoms with Crippen molar-refractivity contribution in [1.29, 1.82) is 10.8 Å². The summed E-state index contributed by atoms with van der Waals surface area (Å²) in [5.41, 5.74) is 15.3. The number of nitrogens with two attached hydrogens (primary N) is 2. The van der Waals surface area contributed by atoms with Crippen molar-refractivity contribution in [2.75, 3.05) is 41.4 Å². The van der Waals surface area contributed by atoms with Gasteiger partial charge in [0.2, 0.25) is 0 Å². The lowest BCUT2D eigenvalue weighted by Crippen LogP contribution is -2.49. The quantitative estimate of drug-likeness (QED) is 0.0458. The van der Waals surface area contributed by atoms with E-state index in [-0.39, 0.29) is 53.5 Å². The van der Waals surface area contributed by atoms with E-state index in [9.17, 15) is 9.59 Å². The molecule has 2 aromatic rings. The van der Waals surface area contributed by atoms with Gasteiger partial charge in [0.25, 0.3) is 11.8 Å². The molecule has 6 fully saturated rings. The van der Waals surface area contributed by atoms with Crippen LogP contribution in [-0.4, -0.2) is 106 Å². The van der Waals surface area contributed by atoms with E-state index < -0.39 is 12.5 Å². The Bertz CT molecular complexity index is 1600. The van der Waals surface area contributed by atoms with Gasteiger partial charge in [-0.25, -0.2) is 0 Å². The molecule has 0 spiro atoms. The van der Waals surface area contributed by atoms with Crippen molar-refractivity contribution >= 4 is 31.4 Å². The Morgan fingerprint density at radius 3 is 1.24 bits per heavy atom. The molecule has 0 radical (unpaired) electrons. The largest absolute Gasteiger partial charge is 0.441 e. The summed E-state index contributed by atoms with van der Waals surface area (Å²) in [7, 11) is 6.96. The summed E-state index contributed by atoms with van der Waals surface area (Å²) in [6.07, 6.45) is 13.6.